The Labute approximate surface area is 152 Å². The van der Waals surface area contributed by atoms with Crippen LogP contribution in [-0.2, 0) is 0 Å². The number of benzene rings is 2. The van der Waals surface area contributed by atoms with Crippen molar-refractivity contribution < 1.29 is 14.6 Å². The molecule has 0 saturated heterocycles. The number of rotatable bonds is 4. The molecule has 0 radical (unpaired) electrons. The zero-order valence-electron chi connectivity index (χ0n) is 11.5. The van der Waals surface area contributed by atoms with Gasteiger partial charge in [-0.3, -0.25) is 4.79 Å². The molecule has 0 aliphatic rings. The molecule has 2 aromatic carbocycles. The first-order valence-electron chi connectivity index (χ1n) is 6.35. The average molecular weight is 395 g/mol. The van der Waals surface area contributed by atoms with Crippen LogP contribution in [0.3, 0.4) is 0 Å². The van der Waals surface area contributed by atoms with Crippen molar-refractivity contribution in [2.75, 3.05) is 0 Å². The topological polar surface area (TPSA) is 58.6 Å². The molecule has 0 fully saturated rings. The second kappa shape index (κ2) is 7.49. The molecule has 0 aliphatic heterocycles. The maximum Gasteiger partial charge on any atom is 0.257 e. The highest BCUT2D eigenvalue weighted by Crippen LogP contribution is 2.32. The number of nitrogens with one attached hydrogen (secondary N) is 1. The Balaban J connectivity index is 2.18. The molecule has 4 nitrogen and oxygen atoms in total. The van der Waals surface area contributed by atoms with E-state index in [1.165, 1.54) is 12.1 Å². The SMILES string of the molecule is O=C(NC(Oc1ccc(Cl)cc1)C(Cl)(Cl)Cl)c1ccccc1O. The summed E-state index contributed by atoms with van der Waals surface area (Å²) in [6, 6.07) is 12.3. The summed E-state index contributed by atoms with van der Waals surface area (Å²) in [7, 11) is 0. The van der Waals surface area contributed by atoms with E-state index in [0.717, 1.165) is 0 Å². The highest BCUT2D eigenvalue weighted by molar-refractivity contribution is 6.68. The molecule has 122 valence electrons. The van der Waals surface area contributed by atoms with Crippen molar-refractivity contribution >= 4 is 52.3 Å². The summed E-state index contributed by atoms with van der Waals surface area (Å²) in [4.78, 5) is 12.2. The van der Waals surface area contributed by atoms with Crippen molar-refractivity contribution in [3.8, 4) is 11.5 Å². The first-order chi connectivity index (χ1) is 10.8. The Hall–Kier alpha value is -1.33. The predicted octanol–water partition coefficient (Wildman–Crippen LogP) is 4.55. The third-order valence-electron chi connectivity index (χ3n) is 2.78. The van der Waals surface area contributed by atoms with Crippen LogP contribution in [0.2, 0.25) is 5.02 Å². The second-order valence-corrected chi connectivity index (χ2v) is 7.29. The third kappa shape index (κ3) is 5.08. The Morgan fingerprint density at radius 3 is 2.26 bits per heavy atom. The van der Waals surface area contributed by atoms with E-state index in [9.17, 15) is 9.90 Å². The van der Waals surface area contributed by atoms with Gasteiger partial charge < -0.3 is 15.2 Å². The minimum Gasteiger partial charge on any atom is -0.507 e. The van der Waals surface area contributed by atoms with Gasteiger partial charge in [0.1, 0.15) is 11.5 Å². The molecule has 0 spiro atoms. The standard InChI is InChI=1S/C15H11Cl4NO3/c16-9-5-7-10(8-6-9)23-14(15(17,18)19)20-13(22)11-3-1-2-4-12(11)21/h1-8,14,21H,(H,20,22). The summed E-state index contributed by atoms with van der Waals surface area (Å²) in [6.45, 7) is 0. The molecule has 0 bridgehead atoms. The van der Waals surface area contributed by atoms with Gasteiger partial charge in [-0.25, -0.2) is 0 Å². The number of amides is 1. The van der Waals surface area contributed by atoms with Gasteiger partial charge in [-0.05, 0) is 36.4 Å². The van der Waals surface area contributed by atoms with Crippen LogP contribution in [0, 0.1) is 0 Å². The van der Waals surface area contributed by atoms with Crippen molar-refractivity contribution in [2.24, 2.45) is 0 Å². The molecule has 2 N–H and O–H groups in total. The molecule has 0 heterocycles. The van der Waals surface area contributed by atoms with Crippen molar-refractivity contribution in [1.82, 2.24) is 5.32 Å². The first-order valence-corrected chi connectivity index (χ1v) is 7.86. The van der Waals surface area contributed by atoms with Crippen LogP contribution in [0.1, 0.15) is 10.4 Å². The molecule has 1 unspecified atom stereocenters. The zero-order valence-corrected chi connectivity index (χ0v) is 14.5. The molecular formula is C15H11Cl4NO3. The Morgan fingerprint density at radius 2 is 1.70 bits per heavy atom. The lowest BCUT2D eigenvalue weighted by Crippen LogP contribution is -2.47. The van der Waals surface area contributed by atoms with Crippen LogP contribution in [-0.4, -0.2) is 21.0 Å². The number of halogens is 4. The second-order valence-electron chi connectivity index (χ2n) is 4.48. The molecule has 8 heteroatoms. The maximum atomic E-state index is 12.2. The van der Waals surface area contributed by atoms with Crippen LogP contribution in [0.5, 0.6) is 11.5 Å². The molecule has 2 aromatic rings. The number of hydrogen-bond donors (Lipinski definition) is 2. The summed E-state index contributed by atoms with van der Waals surface area (Å²) in [6.07, 6.45) is -1.28. The number of carbonyl (C=O) groups excluding carboxylic acids is 1. The fourth-order valence-electron chi connectivity index (χ4n) is 1.69. The molecule has 1 amide bonds. The van der Waals surface area contributed by atoms with E-state index in [1.807, 2.05) is 0 Å². The first kappa shape index (κ1) is 18.0. The Bertz CT molecular complexity index is 686. The number of carbonyl (C=O) groups is 1. The Kier molecular flexibility index (Phi) is 5.87. The van der Waals surface area contributed by atoms with Gasteiger partial charge in [-0.15, -0.1) is 0 Å². The maximum absolute atomic E-state index is 12.2. The quantitative estimate of drug-likeness (QED) is 0.590. The highest BCUT2D eigenvalue weighted by atomic mass is 35.6. The molecule has 23 heavy (non-hydrogen) atoms. The van der Waals surface area contributed by atoms with Crippen molar-refractivity contribution in [2.45, 2.75) is 10.0 Å². The van der Waals surface area contributed by atoms with Gasteiger partial charge in [0.2, 0.25) is 10.0 Å². The van der Waals surface area contributed by atoms with Gasteiger partial charge >= 0.3 is 0 Å². The highest BCUT2D eigenvalue weighted by Gasteiger charge is 2.36. The lowest BCUT2D eigenvalue weighted by atomic mass is 10.2. The van der Waals surface area contributed by atoms with Crippen molar-refractivity contribution in [3.63, 3.8) is 0 Å². The zero-order chi connectivity index (χ0) is 17.0. The van der Waals surface area contributed by atoms with E-state index in [4.69, 9.17) is 51.1 Å². The summed E-state index contributed by atoms with van der Waals surface area (Å²) in [5.41, 5.74) is 0.0338. The summed E-state index contributed by atoms with van der Waals surface area (Å²) >= 11 is 23.4. The number of phenols is 1. The number of hydrogen-bond acceptors (Lipinski definition) is 3. The number of ether oxygens (including phenoxy) is 1. The monoisotopic (exact) mass is 393 g/mol. The van der Waals surface area contributed by atoms with E-state index in [1.54, 1.807) is 36.4 Å². The van der Waals surface area contributed by atoms with E-state index in [2.05, 4.69) is 5.32 Å². The number of aromatic hydroxyl groups is 1. The van der Waals surface area contributed by atoms with Gasteiger partial charge in [-0.1, -0.05) is 58.5 Å². The molecule has 0 saturated carbocycles. The number of phenolic OH excluding ortho intramolecular Hbond substituents is 1. The van der Waals surface area contributed by atoms with Gasteiger partial charge in [0, 0.05) is 5.02 Å². The fraction of sp³-hybridized carbons (Fsp3) is 0.133. The number of para-hydroxylation sites is 1. The third-order valence-corrected chi connectivity index (χ3v) is 3.62. The van der Waals surface area contributed by atoms with E-state index in [0.29, 0.717) is 10.8 Å². The fourth-order valence-corrected chi connectivity index (χ4v) is 2.11. The molecule has 2 rings (SSSR count). The number of alkyl halides is 3. The Morgan fingerprint density at radius 1 is 1.09 bits per heavy atom. The van der Waals surface area contributed by atoms with Gasteiger partial charge in [0.15, 0.2) is 0 Å². The van der Waals surface area contributed by atoms with Crippen molar-refractivity contribution in [3.05, 3.63) is 59.1 Å². The smallest absolute Gasteiger partial charge is 0.257 e. The lowest BCUT2D eigenvalue weighted by molar-refractivity contribution is 0.0830. The average Bonchev–Trinajstić information content (AvgIpc) is 2.48. The van der Waals surface area contributed by atoms with Gasteiger partial charge in [0.05, 0.1) is 5.56 Å². The van der Waals surface area contributed by atoms with Gasteiger partial charge in [-0.2, -0.15) is 0 Å². The molecule has 1 atom stereocenters. The minimum absolute atomic E-state index is 0.0338. The largest absolute Gasteiger partial charge is 0.507 e. The molecule has 0 aliphatic carbocycles. The normalized spacial score (nSPS) is 12.5. The minimum atomic E-state index is -1.93. The molecule has 0 aromatic heterocycles. The summed E-state index contributed by atoms with van der Waals surface area (Å²) < 4.78 is 3.57. The van der Waals surface area contributed by atoms with Gasteiger partial charge in [0.25, 0.3) is 5.91 Å². The van der Waals surface area contributed by atoms with Crippen LogP contribution in [0.4, 0.5) is 0 Å². The molecular weight excluding hydrogens is 384 g/mol. The van der Waals surface area contributed by atoms with Crippen LogP contribution in [0.15, 0.2) is 48.5 Å². The van der Waals surface area contributed by atoms with Crippen LogP contribution < -0.4 is 10.1 Å². The summed E-state index contributed by atoms with van der Waals surface area (Å²) in [5, 5.41) is 12.6. The predicted molar refractivity (Wildman–Crippen MR) is 91.7 cm³/mol. The summed E-state index contributed by atoms with van der Waals surface area (Å²) in [5.74, 6) is -0.490. The van der Waals surface area contributed by atoms with E-state index >= 15 is 0 Å². The van der Waals surface area contributed by atoms with E-state index < -0.39 is 15.9 Å². The lowest BCUT2D eigenvalue weighted by Gasteiger charge is -2.26. The van der Waals surface area contributed by atoms with Crippen molar-refractivity contribution in [1.29, 1.82) is 0 Å². The van der Waals surface area contributed by atoms with Crippen LogP contribution >= 0.6 is 46.4 Å². The van der Waals surface area contributed by atoms with E-state index in [-0.39, 0.29) is 11.3 Å². The van der Waals surface area contributed by atoms with Crippen LogP contribution in [0.25, 0.3) is 0 Å².